The molecule has 0 spiro atoms. The van der Waals surface area contributed by atoms with Crippen molar-refractivity contribution in [2.45, 2.75) is 13.5 Å². The molecule has 0 aliphatic rings. The van der Waals surface area contributed by atoms with E-state index >= 15 is 0 Å². The van der Waals surface area contributed by atoms with Crippen LogP contribution in [-0.2, 0) is 6.61 Å². The number of aryl methyl sites for hydroxylation is 1. The summed E-state index contributed by atoms with van der Waals surface area (Å²) in [5.41, 5.74) is 2.58. The number of thiophene rings is 1. The summed E-state index contributed by atoms with van der Waals surface area (Å²) in [6.45, 7) is 2.30. The lowest BCUT2D eigenvalue weighted by Crippen LogP contribution is -2.10. The first kappa shape index (κ1) is 18.3. The van der Waals surface area contributed by atoms with Crippen LogP contribution in [0.4, 0.5) is 5.69 Å². The number of anilines is 1. The summed E-state index contributed by atoms with van der Waals surface area (Å²) in [7, 11) is 1.62. The minimum absolute atomic E-state index is 0.164. The summed E-state index contributed by atoms with van der Waals surface area (Å²) in [5, 5.41) is 5.40. The molecule has 134 valence electrons. The zero-order chi connectivity index (χ0) is 18.5. The van der Waals surface area contributed by atoms with Crippen LogP contribution in [0.5, 0.6) is 11.5 Å². The highest BCUT2D eigenvalue weighted by atomic mass is 35.5. The van der Waals surface area contributed by atoms with E-state index in [2.05, 4.69) is 5.32 Å². The molecule has 4 nitrogen and oxygen atoms in total. The zero-order valence-electron chi connectivity index (χ0n) is 14.4. The van der Waals surface area contributed by atoms with Crippen LogP contribution in [0.1, 0.15) is 20.8 Å². The van der Waals surface area contributed by atoms with Gasteiger partial charge in [0.2, 0.25) is 0 Å². The number of ether oxygens (including phenoxy) is 2. The minimum Gasteiger partial charge on any atom is -0.497 e. The van der Waals surface area contributed by atoms with Crippen molar-refractivity contribution in [2.75, 3.05) is 12.4 Å². The number of hydrogen-bond acceptors (Lipinski definition) is 4. The third-order valence-corrected chi connectivity index (χ3v) is 5.14. The average molecular weight is 388 g/mol. The first-order valence-corrected chi connectivity index (χ1v) is 9.22. The molecular weight excluding hydrogens is 370 g/mol. The number of amides is 1. The van der Waals surface area contributed by atoms with Crippen molar-refractivity contribution in [3.8, 4) is 11.5 Å². The lowest BCUT2D eigenvalue weighted by Gasteiger charge is -2.06. The van der Waals surface area contributed by atoms with Gasteiger partial charge in [-0.05, 0) is 48.2 Å². The van der Waals surface area contributed by atoms with E-state index in [-0.39, 0.29) is 5.91 Å². The molecule has 2 aromatic carbocycles. The maximum Gasteiger partial charge on any atom is 0.265 e. The largest absolute Gasteiger partial charge is 0.497 e. The third kappa shape index (κ3) is 4.56. The number of methoxy groups -OCH3 is 1. The number of halogens is 1. The smallest absolute Gasteiger partial charge is 0.265 e. The summed E-state index contributed by atoms with van der Waals surface area (Å²) in [4.78, 5) is 13.0. The molecule has 3 aromatic rings. The van der Waals surface area contributed by atoms with Crippen molar-refractivity contribution in [3.63, 3.8) is 0 Å². The first-order valence-electron chi connectivity index (χ1n) is 7.97. The number of hydrogen-bond donors (Lipinski definition) is 1. The number of benzene rings is 2. The molecule has 0 saturated heterocycles. The Kier molecular flexibility index (Phi) is 5.81. The van der Waals surface area contributed by atoms with E-state index in [1.165, 1.54) is 11.3 Å². The Morgan fingerprint density at radius 3 is 2.73 bits per heavy atom. The molecule has 0 aliphatic heterocycles. The second-order valence-corrected chi connectivity index (χ2v) is 7.02. The van der Waals surface area contributed by atoms with Gasteiger partial charge in [-0.2, -0.15) is 0 Å². The first-order chi connectivity index (χ1) is 12.5. The van der Waals surface area contributed by atoms with Crippen molar-refractivity contribution < 1.29 is 14.3 Å². The van der Waals surface area contributed by atoms with E-state index in [1.54, 1.807) is 13.2 Å². The molecule has 1 heterocycles. The van der Waals surface area contributed by atoms with Crippen molar-refractivity contribution in [3.05, 3.63) is 74.9 Å². The van der Waals surface area contributed by atoms with Crippen molar-refractivity contribution in [1.82, 2.24) is 0 Å². The van der Waals surface area contributed by atoms with Crippen molar-refractivity contribution >= 4 is 34.5 Å². The maximum absolute atomic E-state index is 12.4. The summed E-state index contributed by atoms with van der Waals surface area (Å²) in [5.74, 6) is 1.29. The normalized spacial score (nSPS) is 10.4. The van der Waals surface area contributed by atoms with Crippen LogP contribution in [0, 0.1) is 6.92 Å². The van der Waals surface area contributed by atoms with E-state index in [4.69, 9.17) is 21.1 Å². The number of nitrogens with one attached hydrogen (secondary N) is 1. The van der Waals surface area contributed by atoms with Crippen LogP contribution in [0.3, 0.4) is 0 Å². The predicted molar refractivity (Wildman–Crippen MR) is 106 cm³/mol. The van der Waals surface area contributed by atoms with Gasteiger partial charge in [0.25, 0.3) is 5.91 Å². The molecule has 0 atom stereocenters. The highest BCUT2D eigenvalue weighted by Gasteiger charge is 2.11. The summed E-state index contributed by atoms with van der Waals surface area (Å²) in [6, 6.07) is 14.7. The Hall–Kier alpha value is -2.50. The van der Waals surface area contributed by atoms with Crippen LogP contribution in [0.2, 0.25) is 5.02 Å². The van der Waals surface area contributed by atoms with Gasteiger partial charge in [0.1, 0.15) is 18.1 Å². The highest BCUT2D eigenvalue weighted by Crippen LogP contribution is 2.23. The Morgan fingerprint density at radius 1 is 1.15 bits per heavy atom. The number of carbonyl (C=O) groups is 1. The van der Waals surface area contributed by atoms with Gasteiger partial charge in [-0.25, -0.2) is 0 Å². The monoisotopic (exact) mass is 387 g/mol. The van der Waals surface area contributed by atoms with E-state index in [9.17, 15) is 4.79 Å². The molecule has 3 rings (SSSR count). The Bertz CT molecular complexity index is 923. The van der Waals surface area contributed by atoms with Crippen LogP contribution >= 0.6 is 22.9 Å². The van der Waals surface area contributed by atoms with Crippen LogP contribution in [-0.4, -0.2) is 13.0 Å². The molecular formula is C20H18ClNO3S. The fraction of sp³-hybridized carbons (Fsp3) is 0.150. The van der Waals surface area contributed by atoms with Gasteiger partial charge in [0.15, 0.2) is 0 Å². The Morgan fingerprint density at radius 2 is 1.96 bits per heavy atom. The van der Waals surface area contributed by atoms with Crippen LogP contribution in [0.25, 0.3) is 0 Å². The SMILES string of the molecule is COc1cccc(OCc2csc(C(=O)Nc3ccc(C)c(Cl)c3)c2)c1. The van der Waals surface area contributed by atoms with Crippen molar-refractivity contribution in [1.29, 1.82) is 0 Å². The summed E-state index contributed by atoms with van der Waals surface area (Å²) in [6.07, 6.45) is 0. The molecule has 1 amide bonds. The molecule has 0 saturated carbocycles. The second kappa shape index (κ2) is 8.25. The molecule has 0 bridgehead atoms. The van der Waals surface area contributed by atoms with Gasteiger partial charge in [0.05, 0.1) is 12.0 Å². The van der Waals surface area contributed by atoms with Gasteiger partial charge in [-0.3, -0.25) is 4.79 Å². The molecule has 0 unspecified atom stereocenters. The van der Waals surface area contributed by atoms with E-state index in [1.807, 2.05) is 54.8 Å². The molecule has 0 fully saturated rings. The molecule has 1 N–H and O–H groups in total. The fourth-order valence-corrected chi connectivity index (χ4v) is 3.26. The number of carbonyl (C=O) groups excluding carboxylic acids is 1. The highest BCUT2D eigenvalue weighted by molar-refractivity contribution is 7.12. The summed E-state index contributed by atoms with van der Waals surface area (Å²) < 4.78 is 10.9. The topological polar surface area (TPSA) is 47.6 Å². The van der Waals surface area contributed by atoms with E-state index < -0.39 is 0 Å². The summed E-state index contributed by atoms with van der Waals surface area (Å²) >= 11 is 7.47. The molecule has 1 aromatic heterocycles. The van der Waals surface area contributed by atoms with Gasteiger partial charge in [-0.15, -0.1) is 11.3 Å². The second-order valence-electron chi connectivity index (χ2n) is 5.70. The standard InChI is InChI=1S/C20H18ClNO3S/c1-13-6-7-15(9-18(13)21)22-20(23)19-8-14(12-26-19)11-25-17-5-3-4-16(10-17)24-2/h3-10,12H,11H2,1-2H3,(H,22,23). The van der Waals surface area contributed by atoms with Crippen LogP contribution < -0.4 is 14.8 Å². The number of rotatable bonds is 6. The predicted octanol–water partition coefficient (Wildman–Crippen LogP) is 5.55. The lowest BCUT2D eigenvalue weighted by atomic mass is 10.2. The van der Waals surface area contributed by atoms with E-state index in [0.717, 1.165) is 22.6 Å². The molecule has 0 radical (unpaired) electrons. The van der Waals surface area contributed by atoms with Gasteiger partial charge >= 0.3 is 0 Å². The fourth-order valence-electron chi connectivity index (χ4n) is 2.29. The Balaban J connectivity index is 1.61. The average Bonchev–Trinajstić information content (AvgIpc) is 3.12. The van der Waals surface area contributed by atoms with Gasteiger partial charge < -0.3 is 14.8 Å². The maximum atomic E-state index is 12.4. The lowest BCUT2D eigenvalue weighted by molar-refractivity contribution is 0.103. The Labute approximate surface area is 161 Å². The third-order valence-electron chi connectivity index (χ3n) is 3.75. The molecule has 6 heteroatoms. The zero-order valence-corrected chi connectivity index (χ0v) is 16.0. The van der Waals surface area contributed by atoms with Crippen LogP contribution in [0.15, 0.2) is 53.9 Å². The molecule has 26 heavy (non-hydrogen) atoms. The molecule has 0 aliphatic carbocycles. The van der Waals surface area contributed by atoms with Gasteiger partial charge in [0, 0.05) is 22.3 Å². The van der Waals surface area contributed by atoms with E-state index in [0.29, 0.717) is 22.2 Å². The minimum atomic E-state index is -0.164. The van der Waals surface area contributed by atoms with Crippen molar-refractivity contribution in [2.24, 2.45) is 0 Å². The quantitative estimate of drug-likeness (QED) is 0.603. The van der Waals surface area contributed by atoms with Gasteiger partial charge in [-0.1, -0.05) is 23.7 Å².